The average molecular weight is 1210 g/mol. The molecule has 4 amide bonds. The van der Waals surface area contributed by atoms with E-state index in [4.69, 9.17) is 0 Å². The second kappa shape index (κ2) is 24.1. The van der Waals surface area contributed by atoms with E-state index in [1.807, 2.05) is 24.3 Å². The Morgan fingerprint density at radius 2 is 1.04 bits per heavy atom. The van der Waals surface area contributed by atoms with Crippen LogP contribution in [0.5, 0.6) is 0 Å². The van der Waals surface area contributed by atoms with Gasteiger partial charge in [0.2, 0.25) is 23.6 Å². The predicted molar refractivity (Wildman–Crippen MR) is 297 cm³/mol. The molecule has 0 bridgehead atoms. The Labute approximate surface area is 467 Å². The highest BCUT2D eigenvalue weighted by Crippen LogP contribution is 2.31. The van der Waals surface area contributed by atoms with Gasteiger partial charge in [0, 0.05) is 66.5 Å². The van der Waals surface area contributed by atoms with Crippen LogP contribution in [-0.4, -0.2) is 137 Å². The molecule has 0 aliphatic carbocycles. The Bertz CT molecular complexity index is 3620. The number of nitrogens with zero attached hydrogens (tertiary/aromatic N) is 13. The maximum absolute atomic E-state index is 14.5. The number of nitrogens with one attached hydrogen (secondary N) is 2. The maximum atomic E-state index is 14.5. The molecule has 26 heteroatoms. The Morgan fingerprint density at radius 1 is 0.628 bits per heavy atom. The second-order valence-electron chi connectivity index (χ2n) is 18.2. The highest BCUT2D eigenvalue weighted by Gasteiger charge is 2.41. The first-order valence-corrected chi connectivity index (χ1v) is 25.5. The van der Waals surface area contributed by atoms with Crippen molar-refractivity contribution in [3.05, 3.63) is 130 Å². The van der Waals surface area contributed by atoms with Crippen molar-refractivity contribution >= 4 is 114 Å². The fraction of sp³-hybridized carbons (Fsp3) is 0.269. The Balaban J connectivity index is 0.000000203. The van der Waals surface area contributed by atoms with Gasteiger partial charge in [0.25, 0.3) is 0 Å². The smallest absolute Gasteiger partial charge is 0.248 e. The molecule has 0 spiro atoms. The molecule has 2 saturated heterocycles. The van der Waals surface area contributed by atoms with Gasteiger partial charge in [0.05, 0.1) is 24.1 Å². The second-order valence-corrected chi connectivity index (χ2v) is 19.8. The van der Waals surface area contributed by atoms with Crippen LogP contribution in [0.25, 0.3) is 44.1 Å². The van der Waals surface area contributed by atoms with Crippen LogP contribution in [0.2, 0.25) is 0 Å². The summed E-state index contributed by atoms with van der Waals surface area (Å²) in [6, 6.07) is 19.0. The summed E-state index contributed by atoms with van der Waals surface area (Å²) in [5.41, 5.74) is 5.20. The summed E-state index contributed by atoms with van der Waals surface area (Å²) in [5.74, 6) is -0.390. The van der Waals surface area contributed by atoms with E-state index in [1.165, 1.54) is 26.1 Å². The molecule has 8 aromatic rings. The molecular formula is C52H49Br2F2N15O6S. The Morgan fingerprint density at radius 3 is 1.44 bits per heavy atom. The molecule has 0 unspecified atom stereocenters. The quantitative estimate of drug-likeness (QED) is 0.0350. The Kier molecular flexibility index (Phi) is 17.4. The lowest BCUT2D eigenvalue weighted by molar-refractivity contribution is -0.137. The van der Waals surface area contributed by atoms with Crippen molar-refractivity contribution in [2.75, 3.05) is 23.7 Å². The number of carbonyl (C=O) groups excluding carboxylic acids is 5. The lowest BCUT2D eigenvalue weighted by Crippen LogP contribution is -2.44. The standard InChI is InChI=1S/C26H24BrFN8O3.C26H23BrFN7O3.H2S/c1-14(34-39)25-19-8-16(17-10-29-15(2)30-11-17)6-7-20(19)36(33-25)13-24(37)35-12-18(28)9-21(35)26(38)32-23-5-3-4-22(27)31-23;1-14(36)25-19-8-16(17-10-29-15(2)30-11-17)6-7-20(19)35(33-25)13-24(37)34-12-18(28)9-21(34)26(38)32-23-5-3-4-22(27)31-23;/h3-8,10-11,18,21,39H,9,12-13H2,1-2H3,(H,31,32,38);3-8,10-11,18,21H,9,12-13H2,1-2H3,(H,31,32,38);1H2/b34-14+;;/t2*18-,21+;/m11./s1. The van der Waals surface area contributed by atoms with E-state index >= 15 is 0 Å². The van der Waals surface area contributed by atoms with Gasteiger partial charge in [-0.3, -0.25) is 33.3 Å². The number of Topliss-reactive ketones (excluding diaryl/α,β-unsaturated/α-hetero) is 1. The third kappa shape index (κ3) is 12.6. The number of oxime groups is 1. The SMILES string of the molecule is C/C(=N\O)c1nn(CC(=O)N2C[C@H](F)C[C@H]2C(=O)Nc2cccc(Br)n2)c2ccc(-c3cnc(C)nc3)cc12.CC(=O)c1nn(CC(=O)N2C[C@H](F)C[C@H]2C(=O)Nc2cccc(Br)n2)c2ccc(-c3cnc(C)nc3)cc12.S. The molecule has 78 heavy (non-hydrogen) atoms. The molecule has 4 atom stereocenters. The highest BCUT2D eigenvalue weighted by atomic mass is 79.9. The third-order valence-electron chi connectivity index (χ3n) is 12.8. The first-order chi connectivity index (χ1) is 36.9. The van der Waals surface area contributed by atoms with Gasteiger partial charge in [-0.25, -0.2) is 38.7 Å². The van der Waals surface area contributed by atoms with Crippen LogP contribution in [0.4, 0.5) is 20.4 Å². The van der Waals surface area contributed by atoms with Crippen molar-refractivity contribution in [3.63, 3.8) is 0 Å². The lowest BCUT2D eigenvalue weighted by atomic mass is 10.0. The average Bonchev–Trinajstić information content (AvgIpc) is 4.24. The van der Waals surface area contributed by atoms with Gasteiger partial charge in [0.1, 0.15) is 87.1 Å². The number of ketones is 1. The molecule has 0 radical (unpaired) electrons. The van der Waals surface area contributed by atoms with Crippen LogP contribution in [0.1, 0.15) is 54.5 Å². The summed E-state index contributed by atoms with van der Waals surface area (Å²) >= 11 is 6.49. The summed E-state index contributed by atoms with van der Waals surface area (Å²) in [7, 11) is 0. The normalized spacial score (nSPS) is 17.1. The van der Waals surface area contributed by atoms with Crippen LogP contribution < -0.4 is 10.6 Å². The summed E-state index contributed by atoms with van der Waals surface area (Å²) in [6.45, 7) is 5.67. The number of anilines is 2. The molecule has 402 valence electrons. The molecule has 6 aromatic heterocycles. The zero-order chi connectivity index (χ0) is 54.7. The number of hydrogen-bond donors (Lipinski definition) is 3. The van der Waals surface area contributed by atoms with Crippen molar-refractivity contribution < 1.29 is 38.0 Å². The number of aromatic nitrogens is 10. The first-order valence-electron chi connectivity index (χ1n) is 24.0. The summed E-state index contributed by atoms with van der Waals surface area (Å²) in [5, 5.41) is 28.2. The molecule has 8 heterocycles. The summed E-state index contributed by atoms with van der Waals surface area (Å²) < 4.78 is 32.8. The molecule has 10 rings (SSSR count). The lowest BCUT2D eigenvalue weighted by Gasteiger charge is -2.23. The van der Waals surface area contributed by atoms with Crippen molar-refractivity contribution in [2.24, 2.45) is 5.16 Å². The van der Waals surface area contributed by atoms with Crippen LogP contribution >= 0.6 is 45.4 Å². The molecule has 0 saturated carbocycles. The number of alkyl halides is 2. The van der Waals surface area contributed by atoms with Gasteiger partial charge in [0.15, 0.2) is 5.78 Å². The zero-order valence-electron chi connectivity index (χ0n) is 42.1. The van der Waals surface area contributed by atoms with E-state index in [0.29, 0.717) is 54.2 Å². The van der Waals surface area contributed by atoms with Crippen molar-refractivity contribution in [1.82, 2.24) is 59.3 Å². The third-order valence-corrected chi connectivity index (χ3v) is 13.7. The van der Waals surface area contributed by atoms with Gasteiger partial charge < -0.3 is 25.6 Å². The van der Waals surface area contributed by atoms with Gasteiger partial charge in [-0.1, -0.05) is 29.4 Å². The number of hydrogen-bond acceptors (Lipinski definition) is 15. The van der Waals surface area contributed by atoms with Gasteiger partial charge in [-0.2, -0.15) is 23.7 Å². The van der Waals surface area contributed by atoms with Gasteiger partial charge in [-0.05, 0) is 112 Å². The van der Waals surface area contributed by atoms with E-state index in [1.54, 1.807) is 94.1 Å². The Hall–Kier alpha value is -7.97. The summed E-state index contributed by atoms with van der Waals surface area (Å²) in [4.78, 5) is 92.7. The molecule has 21 nitrogen and oxygen atoms in total. The minimum Gasteiger partial charge on any atom is -0.411 e. The summed E-state index contributed by atoms with van der Waals surface area (Å²) in [6.07, 6.45) is 3.89. The molecule has 2 aromatic carbocycles. The number of rotatable bonds is 12. The number of halogens is 4. The number of benzene rings is 2. The van der Waals surface area contributed by atoms with E-state index < -0.39 is 48.1 Å². The number of aryl methyl sites for hydroxylation is 2. The van der Waals surface area contributed by atoms with E-state index in [0.717, 1.165) is 22.3 Å². The van der Waals surface area contributed by atoms with Crippen LogP contribution in [-0.2, 0) is 32.3 Å². The fourth-order valence-corrected chi connectivity index (χ4v) is 9.73. The fourth-order valence-electron chi connectivity index (χ4n) is 9.05. The minimum atomic E-state index is -1.34. The van der Waals surface area contributed by atoms with Crippen molar-refractivity contribution in [1.29, 1.82) is 0 Å². The van der Waals surface area contributed by atoms with Gasteiger partial charge >= 0.3 is 0 Å². The van der Waals surface area contributed by atoms with Crippen LogP contribution in [0, 0.1) is 13.8 Å². The number of fused-ring (bicyclic) bond motifs is 2. The van der Waals surface area contributed by atoms with Crippen LogP contribution in [0.3, 0.4) is 0 Å². The van der Waals surface area contributed by atoms with E-state index in [-0.39, 0.29) is 75.5 Å². The van der Waals surface area contributed by atoms with Crippen molar-refractivity contribution in [2.45, 2.75) is 78.1 Å². The van der Waals surface area contributed by atoms with Crippen molar-refractivity contribution in [3.8, 4) is 22.3 Å². The monoisotopic (exact) mass is 1210 g/mol. The molecule has 2 fully saturated rings. The minimum absolute atomic E-state index is 0. The molecule has 2 aliphatic heterocycles. The van der Waals surface area contributed by atoms with Gasteiger partial charge in [-0.15, -0.1) is 0 Å². The van der Waals surface area contributed by atoms with E-state index in [9.17, 15) is 38.0 Å². The van der Waals surface area contributed by atoms with Crippen LogP contribution in [0.15, 0.2) is 112 Å². The highest BCUT2D eigenvalue weighted by molar-refractivity contribution is 9.10. The molecule has 2 aliphatic rings. The number of pyridine rings is 2. The van der Waals surface area contributed by atoms with E-state index in [2.05, 4.69) is 87.8 Å². The number of amides is 4. The maximum Gasteiger partial charge on any atom is 0.248 e. The first kappa shape index (κ1) is 56.2. The molecule has 3 N–H and O–H groups in total. The predicted octanol–water partition coefficient (Wildman–Crippen LogP) is 7.59. The number of likely N-dealkylation sites (tertiary alicyclic amines) is 2. The number of carbonyl (C=O) groups is 5. The topological polar surface area (TPSA) is 261 Å². The molecular weight excluding hydrogens is 1160 g/mol. The zero-order valence-corrected chi connectivity index (χ0v) is 46.3. The largest absolute Gasteiger partial charge is 0.411 e.